The summed E-state index contributed by atoms with van der Waals surface area (Å²) in [5.41, 5.74) is 1.10. The van der Waals surface area contributed by atoms with Crippen molar-refractivity contribution in [1.82, 2.24) is 5.32 Å². The molecule has 0 fully saturated rings. The monoisotopic (exact) mass is 205 g/mol. The van der Waals surface area contributed by atoms with Gasteiger partial charge in [0.05, 0.1) is 11.7 Å². The first-order chi connectivity index (χ1) is 7.16. The number of aliphatic hydroxyl groups excluding tert-OH is 1. The summed E-state index contributed by atoms with van der Waals surface area (Å²) in [4.78, 5) is 0. The van der Waals surface area contributed by atoms with Crippen molar-refractivity contribution in [2.24, 2.45) is 0 Å². The summed E-state index contributed by atoms with van der Waals surface area (Å²) in [7, 11) is 0. The number of hydrogen-bond acceptors (Lipinski definition) is 2. The summed E-state index contributed by atoms with van der Waals surface area (Å²) in [5, 5.41) is 12.9. The molecule has 0 saturated carbocycles. The first-order valence-corrected chi connectivity index (χ1v) is 5.33. The number of likely N-dealkylation sites (N-methyl/N-ethyl adjacent to an activating group) is 1. The molecule has 0 bridgehead atoms. The molecule has 0 heterocycles. The van der Waals surface area contributed by atoms with Crippen LogP contribution in [0.1, 0.15) is 25.3 Å². The smallest absolute Gasteiger partial charge is 0.0941 e. The van der Waals surface area contributed by atoms with Crippen LogP contribution in [0.4, 0.5) is 0 Å². The first-order valence-electron chi connectivity index (χ1n) is 5.33. The minimum absolute atomic E-state index is 0.0360. The summed E-state index contributed by atoms with van der Waals surface area (Å²) >= 11 is 0. The van der Waals surface area contributed by atoms with Gasteiger partial charge in [0.2, 0.25) is 0 Å². The Morgan fingerprint density at radius 2 is 2.00 bits per heavy atom. The molecule has 0 amide bonds. The third kappa shape index (κ3) is 3.10. The molecule has 0 aliphatic heterocycles. The van der Waals surface area contributed by atoms with E-state index in [1.54, 1.807) is 0 Å². The topological polar surface area (TPSA) is 32.3 Å². The minimum atomic E-state index is -0.0360. The maximum atomic E-state index is 9.63. The Bertz CT molecular complexity index is 308. The molecule has 2 atom stereocenters. The molecule has 1 rings (SSSR count). The summed E-state index contributed by atoms with van der Waals surface area (Å²) in [6, 6.07) is 10.1. The fraction of sp³-hybridized carbons (Fsp3) is 0.385. The van der Waals surface area contributed by atoms with Crippen molar-refractivity contribution < 1.29 is 5.11 Å². The van der Waals surface area contributed by atoms with Crippen LogP contribution in [0.5, 0.6) is 0 Å². The summed E-state index contributed by atoms with van der Waals surface area (Å²) in [6.45, 7) is 8.65. The average Bonchev–Trinajstić information content (AvgIpc) is 2.19. The molecule has 1 aromatic rings. The van der Waals surface area contributed by atoms with Gasteiger partial charge in [-0.15, -0.1) is 0 Å². The molecule has 1 aromatic carbocycles. The number of benzene rings is 1. The molecule has 2 unspecified atom stereocenters. The second-order valence-electron chi connectivity index (χ2n) is 3.73. The predicted octanol–water partition coefficient (Wildman–Crippen LogP) is 2.84. The predicted molar refractivity (Wildman–Crippen MR) is 64.1 cm³/mol. The molecule has 0 aromatic heterocycles. The van der Waals surface area contributed by atoms with Crippen molar-refractivity contribution in [2.45, 2.75) is 25.8 Å². The van der Waals surface area contributed by atoms with Crippen molar-refractivity contribution in [2.75, 3.05) is 6.54 Å². The minimum Gasteiger partial charge on any atom is -0.512 e. The third-order valence-corrected chi connectivity index (χ3v) is 2.54. The normalized spacial score (nSPS) is 14.5. The van der Waals surface area contributed by atoms with E-state index in [4.69, 9.17) is 0 Å². The van der Waals surface area contributed by atoms with Crippen LogP contribution in [0.2, 0.25) is 0 Å². The Hall–Kier alpha value is -1.28. The van der Waals surface area contributed by atoms with Crippen LogP contribution in [-0.4, -0.2) is 17.7 Å². The quantitative estimate of drug-likeness (QED) is 0.724. The standard InChI is InChI=1S/C13H19NO/c1-4-14-10(2)13(11(3)15)12-8-6-5-7-9-12/h5-10,13-15H,3-4H2,1-2H3. The highest BCUT2D eigenvalue weighted by molar-refractivity contribution is 5.27. The second-order valence-corrected chi connectivity index (χ2v) is 3.73. The summed E-state index contributed by atoms with van der Waals surface area (Å²) in [6.07, 6.45) is 0. The van der Waals surface area contributed by atoms with Gasteiger partial charge < -0.3 is 10.4 Å². The van der Waals surface area contributed by atoms with Gasteiger partial charge in [-0.05, 0) is 19.0 Å². The van der Waals surface area contributed by atoms with Gasteiger partial charge in [0.25, 0.3) is 0 Å². The SMILES string of the molecule is C=C(O)C(c1ccccc1)C(C)NCC. The highest BCUT2D eigenvalue weighted by Crippen LogP contribution is 2.24. The average molecular weight is 205 g/mol. The van der Waals surface area contributed by atoms with Gasteiger partial charge in [-0.2, -0.15) is 0 Å². The van der Waals surface area contributed by atoms with Crippen LogP contribution in [0.3, 0.4) is 0 Å². The molecule has 0 radical (unpaired) electrons. The Labute approximate surface area is 91.6 Å². The molecule has 82 valence electrons. The van der Waals surface area contributed by atoms with Crippen molar-refractivity contribution in [3.8, 4) is 0 Å². The molecule has 2 N–H and O–H groups in total. The zero-order chi connectivity index (χ0) is 11.3. The van der Waals surface area contributed by atoms with Gasteiger partial charge in [-0.1, -0.05) is 43.8 Å². The Morgan fingerprint density at radius 3 is 2.47 bits per heavy atom. The van der Waals surface area contributed by atoms with Crippen LogP contribution in [0.25, 0.3) is 0 Å². The van der Waals surface area contributed by atoms with Crippen LogP contribution in [0, 0.1) is 0 Å². The lowest BCUT2D eigenvalue weighted by atomic mass is 9.91. The van der Waals surface area contributed by atoms with E-state index in [1.165, 1.54) is 0 Å². The van der Waals surface area contributed by atoms with Gasteiger partial charge in [0, 0.05) is 6.04 Å². The van der Waals surface area contributed by atoms with Gasteiger partial charge in [-0.3, -0.25) is 0 Å². The van der Waals surface area contributed by atoms with E-state index in [9.17, 15) is 5.11 Å². The first kappa shape index (κ1) is 11.8. The van der Waals surface area contributed by atoms with Crippen LogP contribution < -0.4 is 5.32 Å². The van der Waals surface area contributed by atoms with Crippen LogP contribution >= 0.6 is 0 Å². The second kappa shape index (κ2) is 5.56. The van der Waals surface area contributed by atoms with Gasteiger partial charge in [-0.25, -0.2) is 0 Å². The fourth-order valence-corrected chi connectivity index (χ4v) is 1.87. The van der Waals surface area contributed by atoms with Crippen LogP contribution in [0.15, 0.2) is 42.7 Å². The lowest BCUT2D eigenvalue weighted by molar-refractivity contribution is 0.336. The number of rotatable bonds is 5. The maximum absolute atomic E-state index is 9.63. The van der Waals surface area contributed by atoms with E-state index < -0.39 is 0 Å². The van der Waals surface area contributed by atoms with Crippen molar-refractivity contribution in [3.63, 3.8) is 0 Å². The third-order valence-electron chi connectivity index (χ3n) is 2.54. The van der Waals surface area contributed by atoms with E-state index in [1.807, 2.05) is 30.3 Å². The van der Waals surface area contributed by atoms with Gasteiger partial charge >= 0.3 is 0 Å². The van der Waals surface area contributed by atoms with E-state index in [2.05, 4.69) is 25.7 Å². The molecule has 0 aliphatic carbocycles. The number of hydrogen-bond donors (Lipinski definition) is 2. The Balaban J connectivity index is 2.88. The van der Waals surface area contributed by atoms with Crippen LogP contribution in [-0.2, 0) is 0 Å². The molecule has 2 nitrogen and oxygen atoms in total. The lowest BCUT2D eigenvalue weighted by Crippen LogP contribution is -2.32. The summed E-state index contributed by atoms with van der Waals surface area (Å²) < 4.78 is 0. The van der Waals surface area contributed by atoms with Gasteiger partial charge in [0.15, 0.2) is 0 Å². The van der Waals surface area contributed by atoms with E-state index in [0.29, 0.717) is 0 Å². The highest BCUT2D eigenvalue weighted by Gasteiger charge is 2.20. The maximum Gasteiger partial charge on any atom is 0.0941 e. The van der Waals surface area contributed by atoms with E-state index in [-0.39, 0.29) is 17.7 Å². The molecule has 15 heavy (non-hydrogen) atoms. The van der Waals surface area contributed by atoms with Crippen molar-refractivity contribution in [1.29, 1.82) is 0 Å². The molecule has 2 heteroatoms. The molecule has 0 spiro atoms. The molecule has 0 aliphatic rings. The zero-order valence-electron chi connectivity index (χ0n) is 9.40. The lowest BCUT2D eigenvalue weighted by Gasteiger charge is -2.24. The number of nitrogens with one attached hydrogen (secondary N) is 1. The zero-order valence-corrected chi connectivity index (χ0v) is 9.40. The van der Waals surface area contributed by atoms with E-state index in [0.717, 1.165) is 12.1 Å². The summed E-state index contributed by atoms with van der Waals surface area (Å²) in [5.74, 6) is 0.181. The molecular formula is C13H19NO. The fourth-order valence-electron chi connectivity index (χ4n) is 1.87. The molecule has 0 saturated heterocycles. The number of aliphatic hydroxyl groups is 1. The van der Waals surface area contributed by atoms with Crippen molar-refractivity contribution in [3.05, 3.63) is 48.2 Å². The Kier molecular flexibility index (Phi) is 4.37. The largest absolute Gasteiger partial charge is 0.512 e. The van der Waals surface area contributed by atoms with E-state index >= 15 is 0 Å². The van der Waals surface area contributed by atoms with Gasteiger partial charge in [0.1, 0.15) is 0 Å². The molecular weight excluding hydrogens is 186 g/mol. The van der Waals surface area contributed by atoms with Crippen molar-refractivity contribution >= 4 is 0 Å². The Morgan fingerprint density at radius 1 is 1.40 bits per heavy atom. The highest BCUT2D eigenvalue weighted by atomic mass is 16.3.